The van der Waals surface area contributed by atoms with E-state index in [1.165, 1.54) is 0 Å². The zero-order chi connectivity index (χ0) is 14.4. The number of amides is 1. The number of likely N-dealkylation sites (N-methyl/N-ethyl adjacent to an activating group) is 1. The fourth-order valence-corrected chi connectivity index (χ4v) is 2.19. The van der Waals surface area contributed by atoms with Crippen LogP contribution in [0.4, 0.5) is 5.82 Å². The first-order chi connectivity index (χ1) is 9.04. The van der Waals surface area contributed by atoms with E-state index in [-0.39, 0.29) is 5.91 Å². The second kappa shape index (κ2) is 7.09. The van der Waals surface area contributed by atoms with Crippen LogP contribution in [0, 0.1) is 13.8 Å². The number of carbonyl (C=O) groups is 1. The SMILES string of the molecule is C=Nc1[nH]c(C)c(C(=O)NCCN(CC)CC)c1C. The summed E-state index contributed by atoms with van der Waals surface area (Å²) in [7, 11) is 0. The van der Waals surface area contributed by atoms with Crippen molar-refractivity contribution in [2.75, 3.05) is 26.2 Å². The molecule has 5 heteroatoms. The van der Waals surface area contributed by atoms with Crippen LogP contribution in [0.3, 0.4) is 0 Å². The van der Waals surface area contributed by atoms with E-state index in [4.69, 9.17) is 0 Å². The zero-order valence-electron chi connectivity index (χ0n) is 12.3. The van der Waals surface area contributed by atoms with E-state index >= 15 is 0 Å². The molecule has 0 aliphatic heterocycles. The van der Waals surface area contributed by atoms with Crippen molar-refractivity contribution in [1.29, 1.82) is 0 Å². The lowest BCUT2D eigenvalue weighted by Crippen LogP contribution is -2.35. The highest BCUT2D eigenvalue weighted by molar-refractivity contribution is 5.98. The smallest absolute Gasteiger partial charge is 0.253 e. The molecule has 1 aromatic heterocycles. The molecule has 0 aromatic carbocycles. The van der Waals surface area contributed by atoms with Crippen LogP contribution in [0.5, 0.6) is 0 Å². The van der Waals surface area contributed by atoms with Gasteiger partial charge in [-0.2, -0.15) is 0 Å². The van der Waals surface area contributed by atoms with E-state index in [0.29, 0.717) is 17.9 Å². The number of hydrogen-bond acceptors (Lipinski definition) is 3. The Morgan fingerprint density at radius 1 is 1.37 bits per heavy atom. The van der Waals surface area contributed by atoms with Gasteiger partial charge >= 0.3 is 0 Å². The Kier molecular flexibility index (Phi) is 5.76. The summed E-state index contributed by atoms with van der Waals surface area (Å²) in [4.78, 5) is 21.4. The average Bonchev–Trinajstić information content (AvgIpc) is 2.69. The van der Waals surface area contributed by atoms with Gasteiger partial charge in [0.2, 0.25) is 0 Å². The maximum absolute atomic E-state index is 12.2. The van der Waals surface area contributed by atoms with Crippen molar-refractivity contribution in [1.82, 2.24) is 15.2 Å². The molecular weight excluding hydrogens is 240 g/mol. The Labute approximate surface area is 115 Å². The first kappa shape index (κ1) is 15.4. The van der Waals surface area contributed by atoms with E-state index in [1.807, 2.05) is 13.8 Å². The van der Waals surface area contributed by atoms with Crippen molar-refractivity contribution >= 4 is 18.4 Å². The van der Waals surface area contributed by atoms with Crippen LogP contribution in [0.1, 0.15) is 35.5 Å². The zero-order valence-corrected chi connectivity index (χ0v) is 12.3. The van der Waals surface area contributed by atoms with Gasteiger partial charge in [-0.3, -0.25) is 4.79 Å². The minimum Gasteiger partial charge on any atom is -0.351 e. The molecule has 0 radical (unpaired) electrons. The number of hydrogen-bond donors (Lipinski definition) is 2. The van der Waals surface area contributed by atoms with Crippen LogP contribution < -0.4 is 5.32 Å². The minimum atomic E-state index is -0.0479. The standard InChI is InChI=1S/C14H24N4O/c1-6-18(7-2)9-8-16-14(19)12-10(3)13(15-5)17-11(12)4/h17H,5-9H2,1-4H3,(H,16,19). The molecule has 1 amide bonds. The first-order valence-electron chi connectivity index (χ1n) is 6.71. The molecule has 0 saturated heterocycles. The Bertz CT molecular complexity index is 447. The van der Waals surface area contributed by atoms with E-state index in [9.17, 15) is 4.79 Å². The summed E-state index contributed by atoms with van der Waals surface area (Å²) in [6, 6.07) is 0. The molecule has 1 aromatic rings. The van der Waals surface area contributed by atoms with Gasteiger partial charge in [-0.1, -0.05) is 13.8 Å². The summed E-state index contributed by atoms with van der Waals surface area (Å²) >= 11 is 0. The highest BCUT2D eigenvalue weighted by atomic mass is 16.1. The van der Waals surface area contributed by atoms with E-state index in [1.54, 1.807) is 0 Å². The van der Waals surface area contributed by atoms with Gasteiger partial charge in [0.1, 0.15) is 5.82 Å². The quantitative estimate of drug-likeness (QED) is 0.740. The summed E-state index contributed by atoms with van der Waals surface area (Å²) in [6.45, 7) is 15.0. The molecule has 19 heavy (non-hydrogen) atoms. The molecule has 1 heterocycles. The van der Waals surface area contributed by atoms with Gasteiger partial charge in [-0.15, -0.1) is 0 Å². The first-order valence-corrected chi connectivity index (χ1v) is 6.71. The number of nitrogens with zero attached hydrogens (tertiary/aromatic N) is 2. The number of H-pyrrole nitrogens is 1. The fraction of sp³-hybridized carbons (Fsp3) is 0.571. The topological polar surface area (TPSA) is 60.5 Å². The molecule has 0 aliphatic carbocycles. The number of aromatic amines is 1. The monoisotopic (exact) mass is 264 g/mol. The van der Waals surface area contributed by atoms with Crippen LogP contribution in [0.25, 0.3) is 0 Å². The van der Waals surface area contributed by atoms with Crippen molar-refractivity contribution < 1.29 is 4.79 Å². The predicted octanol–water partition coefficient (Wildman–Crippen LogP) is 2.04. The third-order valence-electron chi connectivity index (χ3n) is 3.40. The van der Waals surface area contributed by atoms with Crippen molar-refractivity contribution in [2.45, 2.75) is 27.7 Å². The summed E-state index contributed by atoms with van der Waals surface area (Å²) in [5.74, 6) is 0.625. The van der Waals surface area contributed by atoms with Gasteiger partial charge in [0.25, 0.3) is 5.91 Å². The number of carbonyl (C=O) groups excluding carboxylic acids is 1. The molecule has 0 atom stereocenters. The lowest BCUT2D eigenvalue weighted by atomic mass is 10.1. The van der Waals surface area contributed by atoms with Gasteiger partial charge in [0, 0.05) is 24.3 Å². The van der Waals surface area contributed by atoms with Gasteiger partial charge in [-0.25, -0.2) is 4.99 Å². The predicted molar refractivity (Wildman–Crippen MR) is 79.6 cm³/mol. The molecule has 0 bridgehead atoms. The Morgan fingerprint density at radius 3 is 2.47 bits per heavy atom. The number of aliphatic imine (C=N–C) groups is 1. The number of aromatic nitrogens is 1. The lowest BCUT2D eigenvalue weighted by molar-refractivity contribution is 0.0948. The van der Waals surface area contributed by atoms with E-state index in [0.717, 1.165) is 30.9 Å². The van der Waals surface area contributed by atoms with Gasteiger partial charge in [-0.05, 0) is 33.7 Å². The normalized spacial score (nSPS) is 10.8. The summed E-state index contributed by atoms with van der Waals surface area (Å²) < 4.78 is 0. The molecular formula is C14H24N4O. The highest BCUT2D eigenvalue weighted by Gasteiger charge is 2.17. The second-order valence-corrected chi connectivity index (χ2v) is 4.54. The summed E-state index contributed by atoms with van der Waals surface area (Å²) in [5.41, 5.74) is 2.37. The van der Waals surface area contributed by atoms with Gasteiger partial charge in [0.05, 0.1) is 5.56 Å². The maximum atomic E-state index is 12.2. The largest absolute Gasteiger partial charge is 0.351 e. The minimum absolute atomic E-state index is 0.0479. The van der Waals surface area contributed by atoms with Crippen LogP contribution in [-0.4, -0.2) is 48.7 Å². The third-order valence-corrected chi connectivity index (χ3v) is 3.40. The van der Waals surface area contributed by atoms with Crippen LogP contribution in [-0.2, 0) is 0 Å². The maximum Gasteiger partial charge on any atom is 0.253 e. The average molecular weight is 264 g/mol. The van der Waals surface area contributed by atoms with Gasteiger partial charge < -0.3 is 15.2 Å². The van der Waals surface area contributed by atoms with E-state index < -0.39 is 0 Å². The van der Waals surface area contributed by atoms with Crippen LogP contribution in [0.2, 0.25) is 0 Å². The molecule has 0 unspecified atom stereocenters. The molecule has 106 valence electrons. The lowest BCUT2D eigenvalue weighted by Gasteiger charge is -2.18. The molecule has 5 nitrogen and oxygen atoms in total. The van der Waals surface area contributed by atoms with E-state index in [2.05, 4.69) is 40.8 Å². The Hall–Kier alpha value is -1.62. The number of rotatable bonds is 7. The van der Waals surface area contributed by atoms with Gasteiger partial charge in [0.15, 0.2) is 0 Å². The highest BCUT2D eigenvalue weighted by Crippen LogP contribution is 2.23. The molecule has 0 aliphatic rings. The Balaban J connectivity index is 2.64. The molecule has 0 saturated carbocycles. The van der Waals surface area contributed by atoms with Crippen molar-refractivity contribution in [3.8, 4) is 0 Å². The third kappa shape index (κ3) is 3.67. The molecule has 0 fully saturated rings. The van der Waals surface area contributed by atoms with Crippen molar-refractivity contribution in [3.05, 3.63) is 16.8 Å². The van der Waals surface area contributed by atoms with Crippen LogP contribution in [0.15, 0.2) is 4.99 Å². The van der Waals surface area contributed by atoms with Crippen molar-refractivity contribution in [3.63, 3.8) is 0 Å². The summed E-state index contributed by atoms with van der Waals surface area (Å²) in [5, 5.41) is 2.95. The second-order valence-electron chi connectivity index (χ2n) is 4.54. The fourth-order valence-electron chi connectivity index (χ4n) is 2.19. The molecule has 1 rings (SSSR count). The summed E-state index contributed by atoms with van der Waals surface area (Å²) in [6.07, 6.45) is 0. The molecule has 2 N–H and O–H groups in total. The number of nitrogens with one attached hydrogen (secondary N) is 2. The van der Waals surface area contributed by atoms with Crippen molar-refractivity contribution in [2.24, 2.45) is 4.99 Å². The number of aryl methyl sites for hydroxylation is 1. The molecule has 0 spiro atoms. The van der Waals surface area contributed by atoms with Crippen LogP contribution >= 0.6 is 0 Å². The Morgan fingerprint density at radius 2 is 2.00 bits per heavy atom.